The van der Waals surface area contributed by atoms with E-state index in [9.17, 15) is 9.59 Å². The third kappa shape index (κ3) is 4.53. The van der Waals surface area contributed by atoms with Crippen LogP contribution in [0.25, 0.3) is 11.1 Å². The van der Waals surface area contributed by atoms with Crippen LogP contribution in [-0.4, -0.2) is 47.6 Å². The molecule has 0 bridgehead atoms. The van der Waals surface area contributed by atoms with Crippen molar-refractivity contribution in [2.24, 2.45) is 0 Å². The van der Waals surface area contributed by atoms with Crippen molar-refractivity contribution in [2.45, 2.75) is 25.8 Å². The molecular formula is C21H25N3O3. The van der Waals surface area contributed by atoms with E-state index in [2.05, 4.69) is 17.1 Å². The summed E-state index contributed by atoms with van der Waals surface area (Å²) in [6, 6.07) is 14.7. The quantitative estimate of drug-likeness (QED) is 0.542. The number of likely N-dealkylation sites (tertiary alicyclic amines) is 1. The van der Waals surface area contributed by atoms with Gasteiger partial charge in [0.05, 0.1) is 0 Å². The third-order valence-corrected chi connectivity index (χ3v) is 5.13. The van der Waals surface area contributed by atoms with Gasteiger partial charge in [0.1, 0.15) is 0 Å². The highest BCUT2D eigenvalue weighted by Gasteiger charge is 2.23. The summed E-state index contributed by atoms with van der Waals surface area (Å²) in [5.41, 5.74) is 4.51. The van der Waals surface area contributed by atoms with Gasteiger partial charge in [0.2, 0.25) is 0 Å². The first kappa shape index (κ1) is 19.1. The molecule has 1 aliphatic rings. The summed E-state index contributed by atoms with van der Waals surface area (Å²) >= 11 is 0. The summed E-state index contributed by atoms with van der Waals surface area (Å²) in [4.78, 5) is 26.2. The minimum Gasteiger partial charge on any atom is -0.350 e. The van der Waals surface area contributed by atoms with Crippen molar-refractivity contribution in [3.63, 3.8) is 0 Å². The van der Waals surface area contributed by atoms with Gasteiger partial charge in [-0.2, -0.15) is 0 Å². The highest BCUT2D eigenvalue weighted by Crippen LogP contribution is 2.21. The second kappa shape index (κ2) is 8.79. The second-order valence-electron chi connectivity index (χ2n) is 6.73. The van der Waals surface area contributed by atoms with E-state index in [1.807, 2.05) is 24.3 Å². The highest BCUT2D eigenvalue weighted by atomic mass is 16.5. The SMILES string of the molecule is CCN1CCCC1CNC(=O)c1ccc(-c2ccc(C(=O)NO)cc2)cc1. The van der Waals surface area contributed by atoms with E-state index in [4.69, 9.17) is 5.21 Å². The lowest BCUT2D eigenvalue weighted by atomic mass is 10.0. The van der Waals surface area contributed by atoms with E-state index in [1.165, 1.54) is 6.42 Å². The topological polar surface area (TPSA) is 81.7 Å². The van der Waals surface area contributed by atoms with Gasteiger partial charge in [-0.15, -0.1) is 0 Å². The van der Waals surface area contributed by atoms with Crippen LogP contribution in [0.1, 0.15) is 40.5 Å². The molecule has 3 rings (SSSR count). The smallest absolute Gasteiger partial charge is 0.274 e. The number of amides is 2. The number of likely N-dealkylation sites (N-methyl/N-ethyl adjacent to an activating group) is 1. The van der Waals surface area contributed by atoms with Crippen molar-refractivity contribution in [3.8, 4) is 11.1 Å². The first-order valence-electron chi connectivity index (χ1n) is 9.29. The van der Waals surface area contributed by atoms with Gasteiger partial charge in [0.15, 0.2) is 0 Å². The van der Waals surface area contributed by atoms with Gasteiger partial charge in [-0.25, -0.2) is 5.48 Å². The largest absolute Gasteiger partial charge is 0.350 e. The molecule has 1 unspecified atom stereocenters. The van der Waals surface area contributed by atoms with E-state index in [-0.39, 0.29) is 5.91 Å². The maximum atomic E-state index is 12.4. The fourth-order valence-corrected chi connectivity index (χ4v) is 3.55. The number of benzene rings is 2. The Balaban J connectivity index is 1.61. The third-order valence-electron chi connectivity index (χ3n) is 5.13. The van der Waals surface area contributed by atoms with E-state index < -0.39 is 5.91 Å². The van der Waals surface area contributed by atoms with Gasteiger partial charge < -0.3 is 5.32 Å². The monoisotopic (exact) mass is 367 g/mol. The maximum Gasteiger partial charge on any atom is 0.274 e. The summed E-state index contributed by atoms with van der Waals surface area (Å²) in [5.74, 6) is -0.600. The van der Waals surface area contributed by atoms with Gasteiger partial charge in [-0.3, -0.25) is 19.7 Å². The summed E-state index contributed by atoms with van der Waals surface area (Å²) in [6.07, 6.45) is 2.33. The average molecular weight is 367 g/mol. The molecule has 0 spiro atoms. The molecule has 1 saturated heterocycles. The fourth-order valence-electron chi connectivity index (χ4n) is 3.55. The number of carbonyl (C=O) groups excluding carboxylic acids is 2. The Labute approximate surface area is 159 Å². The number of carbonyl (C=O) groups is 2. The lowest BCUT2D eigenvalue weighted by Gasteiger charge is -2.22. The van der Waals surface area contributed by atoms with E-state index in [0.717, 1.165) is 30.6 Å². The first-order valence-corrected chi connectivity index (χ1v) is 9.29. The first-order chi connectivity index (χ1) is 13.1. The number of hydrogen-bond acceptors (Lipinski definition) is 4. The fraction of sp³-hybridized carbons (Fsp3) is 0.333. The molecule has 1 heterocycles. The Kier molecular flexibility index (Phi) is 6.21. The van der Waals surface area contributed by atoms with Crippen LogP contribution in [0.5, 0.6) is 0 Å². The van der Waals surface area contributed by atoms with Gasteiger partial charge in [0, 0.05) is 23.7 Å². The van der Waals surface area contributed by atoms with Crippen LogP contribution < -0.4 is 10.8 Å². The molecule has 142 valence electrons. The molecule has 0 radical (unpaired) electrons. The minimum absolute atomic E-state index is 0.0560. The van der Waals surface area contributed by atoms with Crippen LogP contribution in [0.15, 0.2) is 48.5 Å². The molecule has 2 aromatic rings. The second-order valence-corrected chi connectivity index (χ2v) is 6.73. The molecule has 1 fully saturated rings. The summed E-state index contributed by atoms with van der Waals surface area (Å²) in [6.45, 7) is 4.98. The van der Waals surface area contributed by atoms with Crippen LogP contribution in [0, 0.1) is 0 Å². The van der Waals surface area contributed by atoms with Crippen LogP contribution in [-0.2, 0) is 0 Å². The number of nitrogens with zero attached hydrogens (tertiary/aromatic N) is 1. The van der Waals surface area contributed by atoms with Crippen LogP contribution >= 0.6 is 0 Å². The molecule has 6 nitrogen and oxygen atoms in total. The zero-order valence-electron chi connectivity index (χ0n) is 15.4. The highest BCUT2D eigenvalue weighted by molar-refractivity contribution is 5.95. The Morgan fingerprint density at radius 2 is 1.56 bits per heavy atom. The maximum absolute atomic E-state index is 12.4. The van der Waals surface area contributed by atoms with Gasteiger partial charge >= 0.3 is 0 Å². The summed E-state index contributed by atoms with van der Waals surface area (Å²) in [7, 11) is 0. The standard InChI is InChI=1S/C21H25N3O3/c1-2-24-13-3-4-19(24)14-22-20(25)17-9-5-15(6-10-17)16-7-11-18(12-8-16)21(26)23-27/h5-12,19,27H,2-4,13-14H2,1H3,(H,22,25)(H,23,26). The number of rotatable bonds is 6. The molecule has 1 atom stereocenters. The normalized spacial score (nSPS) is 16.9. The van der Waals surface area contributed by atoms with E-state index in [0.29, 0.717) is 23.7 Å². The average Bonchev–Trinajstić information content (AvgIpc) is 3.19. The van der Waals surface area contributed by atoms with Gasteiger partial charge in [0.25, 0.3) is 11.8 Å². The lowest BCUT2D eigenvalue weighted by Crippen LogP contribution is -2.40. The number of nitrogens with one attached hydrogen (secondary N) is 2. The van der Waals surface area contributed by atoms with E-state index >= 15 is 0 Å². The minimum atomic E-state index is -0.544. The van der Waals surface area contributed by atoms with E-state index in [1.54, 1.807) is 29.7 Å². The molecular weight excluding hydrogens is 342 g/mol. The summed E-state index contributed by atoms with van der Waals surface area (Å²) in [5, 5.41) is 11.7. The molecule has 27 heavy (non-hydrogen) atoms. The van der Waals surface area contributed by atoms with Crippen molar-refractivity contribution in [1.29, 1.82) is 0 Å². The zero-order chi connectivity index (χ0) is 19.2. The van der Waals surface area contributed by atoms with Crippen LogP contribution in [0.2, 0.25) is 0 Å². The van der Waals surface area contributed by atoms with Crippen molar-refractivity contribution >= 4 is 11.8 Å². The molecule has 0 saturated carbocycles. The molecule has 0 aliphatic carbocycles. The van der Waals surface area contributed by atoms with Crippen LogP contribution in [0.3, 0.4) is 0 Å². The Morgan fingerprint density at radius 3 is 2.07 bits per heavy atom. The zero-order valence-corrected chi connectivity index (χ0v) is 15.4. The molecule has 1 aliphatic heterocycles. The lowest BCUT2D eigenvalue weighted by molar-refractivity contribution is 0.0706. The van der Waals surface area contributed by atoms with Crippen molar-refractivity contribution in [3.05, 3.63) is 59.7 Å². The Morgan fingerprint density at radius 1 is 1.00 bits per heavy atom. The number of hydroxylamine groups is 1. The predicted molar refractivity (Wildman–Crippen MR) is 104 cm³/mol. The van der Waals surface area contributed by atoms with Crippen molar-refractivity contribution in [2.75, 3.05) is 19.6 Å². The Hall–Kier alpha value is -2.70. The van der Waals surface area contributed by atoms with Gasteiger partial charge in [-0.05, 0) is 61.3 Å². The molecule has 0 aromatic heterocycles. The predicted octanol–water partition coefficient (Wildman–Crippen LogP) is 2.69. The van der Waals surface area contributed by atoms with Crippen LogP contribution in [0.4, 0.5) is 0 Å². The summed E-state index contributed by atoms with van der Waals surface area (Å²) < 4.78 is 0. The molecule has 3 N–H and O–H groups in total. The molecule has 6 heteroatoms. The van der Waals surface area contributed by atoms with Gasteiger partial charge in [-0.1, -0.05) is 31.2 Å². The van der Waals surface area contributed by atoms with Crippen molar-refractivity contribution < 1.29 is 14.8 Å². The number of hydrogen-bond donors (Lipinski definition) is 3. The van der Waals surface area contributed by atoms with Crippen molar-refractivity contribution in [1.82, 2.24) is 15.7 Å². The Bertz CT molecular complexity index is 787. The molecule has 2 amide bonds. The molecule has 2 aromatic carbocycles.